The molecule has 0 radical (unpaired) electrons. The molecule has 0 bridgehead atoms. The molecular weight excluding hydrogens is 340 g/mol. The van der Waals surface area contributed by atoms with Crippen molar-refractivity contribution < 1.29 is 17.9 Å². The summed E-state index contributed by atoms with van der Waals surface area (Å²) in [5, 5.41) is 2.79. The predicted octanol–water partition coefficient (Wildman–Crippen LogP) is 2.39. The molecule has 6 nitrogen and oxygen atoms in total. The number of benzene rings is 1. The van der Waals surface area contributed by atoms with E-state index in [1.807, 2.05) is 39.8 Å². The molecule has 0 saturated carbocycles. The van der Waals surface area contributed by atoms with E-state index < -0.39 is 16.1 Å². The highest BCUT2D eigenvalue weighted by Crippen LogP contribution is 2.26. The summed E-state index contributed by atoms with van der Waals surface area (Å²) in [5.41, 5.74) is 2.28. The molecule has 1 amide bonds. The second-order valence-electron chi connectivity index (χ2n) is 6.59. The number of sulfonamides is 1. The first-order valence-electron chi connectivity index (χ1n) is 8.50. The number of aryl methyl sites for hydroxylation is 2. The van der Waals surface area contributed by atoms with Crippen LogP contribution in [-0.2, 0) is 19.6 Å². The van der Waals surface area contributed by atoms with E-state index in [1.54, 1.807) is 13.0 Å². The highest BCUT2D eigenvalue weighted by Gasteiger charge is 2.29. The molecule has 1 rings (SSSR count). The number of rotatable bonds is 9. The number of nitrogens with zero attached hydrogens (tertiary/aromatic N) is 1. The monoisotopic (exact) mass is 370 g/mol. The molecule has 0 aliphatic rings. The molecule has 0 aliphatic heterocycles. The number of anilines is 1. The molecule has 1 aromatic carbocycles. The van der Waals surface area contributed by atoms with Gasteiger partial charge in [-0.1, -0.05) is 12.1 Å². The Labute approximate surface area is 151 Å². The van der Waals surface area contributed by atoms with Gasteiger partial charge in [0.1, 0.15) is 6.04 Å². The van der Waals surface area contributed by atoms with Crippen LogP contribution in [0, 0.1) is 13.8 Å². The average molecular weight is 371 g/mol. The summed E-state index contributed by atoms with van der Waals surface area (Å²) in [5.74, 6) is -0.323. The highest BCUT2D eigenvalue weighted by molar-refractivity contribution is 7.92. The number of ether oxygens (including phenoxy) is 1. The van der Waals surface area contributed by atoms with Gasteiger partial charge in [-0.3, -0.25) is 9.10 Å². The van der Waals surface area contributed by atoms with Crippen molar-refractivity contribution in [2.75, 3.05) is 23.7 Å². The summed E-state index contributed by atoms with van der Waals surface area (Å²) in [6, 6.07) is 4.73. The lowest BCUT2D eigenvalue weighted by molar-refractivity contribution is -0.121. The highest BCUT2D eigenvalue weighted by atomic mass is 32.2. The molecule has 0 spiro atoms. The topological polar surface area (TPSA) is 75.7 Å². The van der Waals surface area contributed by atoms with Crippen LogP contribution in [0.15, 0.2) is 18.2 Å². The Bertz CT molecular complexity index is 686. The van der Waals surface area contributed by atoms with E-state index in [2.05, 4.69) is 5.32 Å². The maximum atomic E-state index is 12.4. The molecule has 1 aromatic rings. The van der Waals surface area contributed by atoms with E-state index in [-0.39, 0.29) is 12.0 Å². The van der Waals surface area contributed by atoms with Crippen LogP contribution in [0.5, 0.6) is 0 Å². The van der Waals surface area contributed by atoms with Crippen LogP contribution < -0.4 is 9.62 Å². The van der Waals surface area contributed by atoms with Gasteiger partial charge in [-0.2, -0.15) is 0 Å². The molecule has 0 aromatic heterocycles. The minimum absolute atomic E-state index is 0.152. The van der Waals surface area contributed by atoms with E-state index in [1.165, 1.54) is 4.31 Å². The zero-order valence-corrected chi connectivity index (χ0v) is 16.8. The maximum Gasteiger partial charge on any atom is 0.243 e. The van der Waals surface area contributed by atoms with E-state index >= 15 is 0 Å². The van der Waals surface area contributed by atoms with Gasteiger partial charge >= 0.3 is 0 Å². The summed E-state index contributed by atoms with van der Waals surface area (Å²) >= 11 is 0. The molecular formula is C18H30N2O4S. The van der Waals surface area contributed by atoms with Crippen molar-refractivity contribution >= 4 is 21.6 Å². The van der Waals surface area contributed by atoms with Gasteiger partial charge in [-0.15, -0.1) is 0 Å². The smallest absolute Gasteiger partial charge is 0.243 e. The van der Waals surface area contributed by atoms with Crippen LogP contribution in [0.1, 0.15) is 38.3 Å². The quantitative estimate of drug-likeness (QED) is 0.677. The van der Waals surface area contributed by atoms with Crippen molar-refractivity contribution in [1.29, 1.82) is 0 Å². The lowest BCUT2D eigenvalue weighted by Crippen LogP contribution is -2.48. The fraction of sp³-hybridized carbons (Fsp3) is 0.611. The molecule has 0 aliphatic carbocycles. The van der Waals surface area contributed by atoms with Crippen molar-refractivity contribution in [3.05, 3.63) is 29.3 Å². The third kappa shape index (κ3) is 6.66. The second-order valence-corrected chi connectivity index (χ2v) is 8.45. The van der Waals surface area contributed by atoms with Gasteiger partial charge in [0, 0.05) is 13.2 Å². The standard InChI is InChI=1S/C18H30N2O4S/c1-13(2)24-11-7-10-19-18(21)16(5)20(25(6,22)23)17-12-14(3)8-9-15(17)4/h8-9,12-13,16H,7,10-11H2,1-6H3,(H,19,21). The molecule has 1 atom stereocenters. The third-order valence-corrected chi connectivity index (χ3v) is 4.99. The zero-order valence-electron chi connectivity index (χ0n) is 16.0. The largest absolute Gasteiger partial charge is 0.379 e. The Morgan fingerprint density at radius 3 is 2.44 bits per heavy atom. The Kier molecular flexibility index (Phi) is 7.89. The normalized spacial score (nSPS) is 12.9. The second kappa shape index (κ2) is 9.20. The van der Waals surface area contributed by atoms with Gasteiger partial charge in [0.2, 0.25) is 15.9 Å². The first-order valence-corrected chi connectivity index (χ1v) is 10.3. The summed E-state index contributed by atoms with van der Waals surface area (Å²) in [6.07, 6.45) is 1.95. The van der Waals surface area contributed by atoms with Crippen molar-refractivity contribution in [2.24, 2.45) is 0 Å². The first-order chi connectivity index (χ1) is 11.5. The van der Waals surface area contributed by atoms with E-state index in [0.717, 1.165) is 17.4 Å². The lowest BCUT2D eigenvalue weighted by atomic mass is 10.1. The van der Waals surface area contributed by atoms with E-state index in [9.17, 15) is 13.2 Å². The van der Waals surface area contributed by atoms with Crippen LogP contribution in [0.2, 0.25) is 0 Å². The van der Waals surface area contributed by atoms with Crippen molar-refractivity contribution in [3.8, 4) is 0 Å². The fourth-order valence-corrected chi connectivity index (χ4v) is 3.71. The average Bonchev–Trinajstić information content (AvgIpc) is 2.48. The van der Waals surface area contributed by atoms with Crippen LogP contribution >= 0.6 is 0 Å². The van der Waals surface area contributed by atoms with Crippen LogP contribution in [0.4, 0.5) is 5.69 Å². The molecule has 1 unspecified atom stereocenters. The SMILES string of the molecule is Cc1ccc(C)c(N(C(C)C(=O)NCCCOC(C)C)S(C)(=O)=O)c1. The Balaban J connectivity index is 2.86. The van der Waals surface area contributed by atoms with Crippen LogP contribution in [0.25, 0.3) is 0 Å². The number of hydrogen-bond donors (Lipinski definition) is 1. The Morgan fingerprint density at radius 2 is 1.88 bits per heavy atom. The van der Waals surface area contributed by atoms with Gasteiger partial charge in [0.05, 0.1) is 18.0 Å². The minimum Gasteiger partial charge on any atom is -0.379 e. The van der Waals surface area contributed by atoms with Gasteiger partial charge in [0.25, 0.3) is 0 Å². The van der Waals surface area contributed by atoms with Crippen molar-refractivity contribution in [3.63, 3.8) is 0 Å². The van der Waals surface area contributed by atoms with E-state index in [4.69, 9.17) is 4.74 Å². The van der Waals surface area contributed by atoms with E-state index in [0.29, 0.717) is 25.3 Å². The summed E-state index contributed by atoms with van der Waals surface area (Å²) in [6.45, 7) is 10.2. The summed E-state index contributed by atoms with van der Waals surface area (Å²) in [7, 11) is -3.60. The third-order valence-electron chi connectivity index (χ3n) is 3.76. The fourth-order valence-electron chi connectivity index (χ4n) is 2.49. The molecule has 25 heavy (non-hydrogen) atoms. The number of carbonyl (C=O) groups excluding carboxylic acids is 1. The number of carbonyl (C=O) groups is 1. The summed E-state index contributed by atoms with van der Waals surface area (Å²) in [4.78, 5) is 12.4. The summed E-state index contributed by atoms with van der Waals surface area (Å²) < 4.78 is 31.3. The molecule has 0 fully saturated rings. The zero-order chi connectivity index (χ0) is 19.2. The number of hydrogen-bond acceptors (Lipinski definition) is 4. The maximum absolute atomic E-state index is 12.4. The number of amides is 1. The Hall–Kier alpha value is -1.60. The van der Waals surface area contributed by atoms with Crippen molar-refractivity contribution in [1.82, 2.24) is 5.32 Å². The van der Waals surface area contributed by atoms with Crippen LogP contribution in [0.3, 0.4) is 0 Å². The molecule has 142 valence electrons. The minimum atomic E-state index is -3.60. The van der Waals surface area contributed by atoms with Crippen LogP contribution in [-0.4, -0.2) is 45.9 Å². The van der Waals surface area contributed by atoms with Gasteiger partial charge in [-0.25, -0.2) is 8.42 Å². The van der Waals surface area contributed by atoms with Gasteiger partial charge < -0.3 is 10.1 Å². The molecule has 0 heterocycles. The van der Waals surface area contributed by atoms with Gasteiger partial charge in [-0.05, 0) is 58.2 Å². The molecule has 7 heteroatoms. The van der Waals surface area contributed by atoms with Gasteiger partial charge in [0.15, 0.2) is 0 Å². The first kappa shape index (κ1) is 21.4. The Morgan fingerprint density at radius 1 is 1.24 bits per heavy atom. The molecule has 0 saturated heterocycles. The lowest BCUT2D eigenvalue weighted by Gasteiger charge is -2.29. The number of nitrogens with one attached hydrogen (secondary N) is 1. The predicted molar refractivity (Wildman–Crippen MR) is 101 cm³/mol. The molecule has 1 N–H and O–H groups in total. The van der Waals surface area contributed by atoms with Crippen molar-refractivity contribution in [2.45, 2.75) is 53.2 Å².